The maximum absolute atomic E-state index is 5.66. The molecule has 96 valence electrons. The number of nitrogens with two attached hydrogens (primary N) is 1. The third-order valence-corrected chi connectivity index (χ3v) is 3.14. The van der Waals surface area contributed by atoms with Crippen molar-refractivity contribution in [2.75, 3.05) is 0 Å². The van der Waals surface area contributed by atoms with Gasteiger partial charge >= 0.3 is 0 Å². The molecule has 1 aromatic carbocycles. The molecular formula is C14H20N4. The predicted molar refractivity (Wildman–Crippen MR) is 72.8 cm³/mol. The topological polar surface area (TPSA) is 55.9 Å². The minimum atomic E-state index is -0.0688. The van der Waals surface area contributed by atoms with Crippen LogP contribution in [0, 0.1) is 0 Å². The van der Waals surface area contributed by atoms with Gasteiger partial charge in [0.25, 0.3) is 0 Å². The van der Waals surface area contributed by atoms with Gasteiger partial charge in [-0.25, -0.2) is 10.4 Å². The van der Waals surface area contributed by atoms with Crippen LogP contribution in [0.2, 0.25) is 0 Å². The van der Waals surface area contributed by atoms with Gasteiger partial charge in [0.2, 0.25) is 0 Å². The highest BCUT2D eigenvalue weighted by Crippen LogP contribution is 2.20. The second-order valence-electron chi connectivity index (χ2n) is 4.49. The molecule has 2 aromatic rings. The summed E-state index contributed by atoms with van der Waals surface area (Å²) in [6.45, 7) is 2.19. The Bertz CT molecular complexity index is 487. The Balaban J connectivity index is 2.25. The summed E-state index contributed by atoms with van der Waals surface area (Å²) in [5.41, 5.74) is 5.32. The number of hydrogen-bond donors (Lipinski definition) is 2. The first kappa shape index (κ1) is 12.8. The summed E-state index contributed by atoms with van der Waals surface area (Å²) < 4.78 is 1.98. The van der Waals surface area contributed by atoms with E-state index in [-0.39, 0.29) is 6.04 Å². The van der Waals surface area contributed by atoms with E-state index in [9.17, 15) is 0 Å². The van der Waals surface area contributed by atoms with Gasteiger partial charge in [-0.1, -0.05) is 37.6 Å². The lowest BCUT2D eigenvalue weighted by atomic mass is 10.0. The molecule has 1 atom stereocenters. The third kappa shape index (κ3) is 2.60. The fourth-order valence-corrected chi connectivity index (χ4v) is 2.14. The van der Waals surface area contributed by atoms with Crippen molar-refractivity contribution in [2.45, 2.75) is 25.8 Å². The van der Waals surface area contributed by atoms with E-state index >= 15 is 0 Å². The van der Waals surface area contributed by atoms with E-state index in [2.05, 4.69) is 41.6 Å². The smallest absolute Gasteiger partial charge is 0.131 e. The third-order valence-electron chi connectivity index (χ3n) is 3.14. The van der Waals surface area contributed by atoms with Crippen molar-refractivity contribution >= 4 is 0 Å². The lowest BCUT2D eigenvalue weighted by Crippen LogP contribution is -2.30. The highest BCUT2D eigenvalue weighted by Gasteiger charge is 2.16. The first-order chi connectivity index (χ1) is 8.76. The Labute approximate surface area is 108 Å². The highest BCUT2D eigenvalue weighted by atomic mass is 15.3. The van der Waals surface area contributed by atoms with Gasteiger partial charge < -0.3 is 4.57 Å². The molecule has 1 heterocycles. The molecule has 4 nitrogen and oxygen atoms in total. The molecule has 18 heavy (non-hydrogen) atoms. The van der Waals surface area contributed by atoms with Crippen molar-refractivity contribution in [1.82, 2.24) is 15.0 Å². The molecule has 0 aliphatic rings. The molecule has 1 unspecified atom stereocenters. The molecule has 1 aromatic heterocycles. The van der Waals surface area contributed by atoms with Crippen molar-refractivity contribution in [2.24, 2.45) is 12.9 Å². The van der Waals surface area contributed by atoms with Crippen LogP contribution in [-0.4, -0.2) is 9.55 Å². The van der Waals surface area contributed by atoms with E-state index in [1.807, 2.05) is 17.8 Å². The van der Waals surface area contributed by atoms with Crippen molar-refractivity contribution in [3.8, 4) is 0 Å². The van der Waals surface area contributed by atoms with Gasteiger partial charge in [-0.2, -0.15) is 0 Å². The zero-order valence-corrected chi connectivity index (χ0v) is 10.9. The Morgan fingerprint density at radius 3 is 2.56 bits per heavy atom. The molecule has 0 saturated carbocycles. The van der Waals surface area contributed by atoms with E-state index in [1.54, 1.807) is 6.20 Å². The van der Waals surface area contributed by atoms with Gasteiger partial charge in [-0.05, 0) is 17.5 Å². The first-order valence-corrected chi connectivity index (χ1v) is 6.28. The lowest BCUT2D eigenvalue weighted by molar-refractivity contribution is 0.580. The molecule has 2 rings (SSSR count). The molecule has 0 aliphatic carbocycles. The van der Waals surface area contributed by atoms with Crippen LogP contribution >= 0.6 is 0 Å². The van der Waals surface area contributed by atoms with Crippen LogP contribution in [0.3, 0.4) is 0 Å². The molecule has 3 N–H and O–H groups in total. The normalized spacial score (nSPS) is 12.6. The predicted octanol–water partition coefficient (Wildman–Crippen LogP) is 1.93. The number of hydrogen-bond acceptors (Lipinski definition) is 3. The largest absolute Gasteiger partial charge is 0.336 e. The molecule has 0 aliphatic heterocycles. The minimum Gasteiger partial charge on any atom is -0.336 e. The number of imidazole rings is 1. The van der Waals surface area contributed by atoms with Crippen LogP contribution in [0.1, 0.15) is 36.3 Å². The van der Waals surface area contributed by atoms with E-state index in [4.69, 9.17) is 5.84 Å². The number of aromatic nitrogens is 2. The maximum atomic E-state index is 5.66. The molecule has 0 saturated heterocycles. The highest BCUT2D eigenvalue weighted by molar-refractivity contribution is 5.29. The molecule has 0 fully saturated rings. The monoisotopic (exact) mass is 244 g/mol. The number of aryl methyl sites for hydroxylation is 2. The standard InChI is InChI=1S/C14H20N4/c1-3-4-11-5-7-12(8-6-11)13(17-15)14-16-9-10-18(14)2/h5-10,13,17H,3-4,15H2,1-2H3. The fraction of sp³-hybridized carbons (Fsp3) is 0.357. The Kier molecular flexibility index (Phi) is 4.12. The zero-order chi connectivity index (χ0) is 13.0. The average Bonchev–Trinajstić information content (AvgIpc) is 2.79. The fourth-order valence-electron chi connectivity index (χ4n) is 2.14. The number of hydrazine groups is 1. The Morgan fingerprint density at radius 2 is 2.06 bits per heavy atom. The summed E-state index contributed by atoms with van der Waals surface area (Å²) >= 11 is 0. The van der Waals surface area contributed by atoms with Crippen molar-refractivity contribution in [1.29, 1.82) is 0 Å². The molecule has 0 radical (unpaired) electrons. The average molecular weight is 244 g/mol. The number of rotatable bonds is 5. The maximum Gasteiger partial charge on any atom is 0.131 e. The van der Waals surface area contributed by atoms with Gasteiger partial charge in [0, 0.05) is 19.4 Å². The molecular weight excluding hydrogens is 224 g/mol. The summed E-state index contributed by atoms with van der Waals surface area (Å²) in [5.74, 6) is 6.58. The van der Waals surface area contributed by atoms with Crippen LogP contribution in [0.5, 0.6) is 0 Å². The lowest BCUT2D eigenvalue weighted by Gasteiger charge is -2.16. The van der Waals surface area contributed by atoms with Gasteiger partial charge in [0.15, 0.2) is 0 Å². The molecule has 0 amide bonds. The SMILES string of the molecule is CCCc1ccc(C(NN)c2nccn2C)cc1. The molecule has 0 bridgehead atoms. The van der Waals surface area contributed by atoms with E-state index in [0.29, 0.717) is 0 Å². The van der Waals surface area contributed by atoms with Crippen LogP contribution in [-0.2, 0) is 13.5 Å². The minimum absolute atomic E-state index is 0.0688. The van der Waals surface area contributed by atoms with Crippen LogP contribution in [0.4, 0.5) is 0 Å². The molecule has 0 spiro atoms. The van der Waals surface area contributed by atoms with E-state index in [0.717, 1.165) is 24.2 Å². The second-order valence-corrected chi connectivity index (χ2v) is 4.49. The van der Waals surface area contributed by atoms with Gasteiger partial charge in [0.1, 0.15) is 11.9 Å². The zero-order valence-electron chi connectivity index (χ0n) is 10.9. The first-order valence-electron chi connectivity index (χ1n) is 6.28. The van der Waals surface area contributed by atoms with Crippen molar-refractivity contribution < 1.29 is 0 Å². The summed E-state index contributed by atoms with van der Waals surface area (Å²) in [5, 5.41) is 0. The summed E-state index contributed by atoms with van der Waals surface area (Å²) in [6.07, 6.45) is 5.98. The van der Waals surface area contributed by atoms with Crippen LogP contribution in [0.15, 0.2) is 36.7 Å². The van der Waals surface area contributed by atoms with Crippen molar-refractivity contribution in [3.05, 3.63) is 53.6 Å². The Hall–Kier alpha value is -1.65. The van der Waals surface area contributed by atoms with Gasteiger partial charge in [-0.3, -0.25) is 5.84 Å². The van der Waals surface area contributed by atoms with E-state index in [1.165, 1.54) is 5.56 Å². The number of nitrogens with zero attached hydrogens (tertiary/aromatic N) is 2. The number of benzene rings is 1. The van der Waals surface area contributed by atoms with Crippen LogP contribution < -0.4 is 11.3 Å². The molecule has 4 heteroatoms. The Morgan fingerprint density at radius 1 is 1.33 bits per heavy atom. The number of nitrogens with one attached hydrogen (secondary N) is 1. The van der Waals surface area contributed by atoms with Gasteiger partial charge in [-0.15, -0.1) is 0 Å². The summed E-state index contributed by atoms with van der Waals surface area (Å²) in [4.78, 5) is 4.34. The summed E-state index contributed by atoms with van der Waals surface area (Å²) in [7, 11) is 1.97. The van der Waals surface area contributed by atoms with Crippen LogP contribution in [0.25, 0.3) is 0 Å². The van der Waals surface area contributed by atoms with E-state index < -0.39 is 0 Å². The summed E-state index contributed by atoms with van der Waals surface area (Å²) in [6, 6.07) is 8.48. The quantitative estimate of drug-likeness (QED) is 0.624. The van der Waals surface area contributed by atoms with Gasteiger partial charge in [0.05, 0.1) is 0 Å². The second kappa shape index (κ2) is 5.80. The van der Waals surface area contributed by atoms with Crippen molar-refractivity contribution in [3.63, 3.8) is 0 Å².